The predicted octanol–water partition coefficient (Wildman–Crippen LogP) is 9.50. The summed E-state index contributed by atoms with van der Waals surface area (Å²) >= 11 is -3.09. The molecular formula is C32H46O2Sn. The van der Waals surface area contributed by atoms with E-state index in [-0.39, 0.29) is 5.97 Å². The van der Waals surface area contributed by atoms with Crippen LogP contribution in [0.2, 0.25) is 13.3 Å². The van der Waals surface area contributed by atoms with Crippen LogP contribution >= 0.6 is 0 Å². The molecule has 0 heterocycles. The van der Waals surface area contributed by atoms with Gasteiger partial charge in [-0.05, 0) is 0 Å². The first-order chi connectivity index (χ1) is 17.1. The number of carbonyl (C=O) groups is 1. The Labute approximate surface area is 218 Å². The third-order valence-corrected chi connectivity index (χ3v) is 22.6. The molecule has 0 fully saturated rings. The first-order valence-corrected chi connectivity index (χ1v) is 21.3. The van der Waals surface area contributed by atoms with Crippen molar-refractivity contribution in [1.82, 2.24) is 0 Å². The Bertz CT molecular complexity index is 893. The van der Waals surface area contributed by atoms with Crippen molar-refractivity contribution < 1.29 is 9.53 Å². The van der Waals surface area contributed by atoms with E-state index in [0.29, 0.717) is 6.61 Å². The van der Waals surface area contributed by atoms with Gasteiger partial charge in [0.15, 0.2) is 0 Å². The van der Waals surface area contributed by atoms with E-state index >= 15 is 0 Å². The van der Waals surface area contributed by atoms with E-state index in [0.717, 1.165) is 10.0 Å². The molecule has 0 aliphatic carbocycles. The van der Waals surface area contributed by atoms with Crippen molar-refractivity contribution in [3.8, 4) is 0 Å². The zero-order valence-corrected chi connectivity index (χ0v) is 25.4. The molecule has 2 aromatic carbocycles. The molecule has 3 heteroatoms. The summed E-state index contributed by atoms with van der Waals surface area (Å²) in [6, 6.07) is 21.1. The Balaban J connectivity index is 2.73. The molecule has 0 aliphatic heterocycles. The van der Waals surface area contributed by atoms with Crippen molar-refractivity contribution in [3.63, 3.8) is 0 Å². The van der Waals surface area contributed by atoms with Gasteiger partial charge in [-0.15, -0.1) is 0 Å². The second kappa shape index (κ2) is 16.8. The van der Waals surface area contributed by atoms with Gasteiger partial charge in [-0.3, -0.25) is 0 Å². The molecule has 0 N–H and O–H groups in total. The average molecular weight is 581 g/mol. The SMILES string of the molecule is CCC[CH2][Sn]([CH2]CCC)([CH2]CCC)/[C](C(=O)OCC)=C(\C/C=C/c1ccccc1)c1ccccc1. The Morgan fingerprint density at radius 3 is 1.77 bits per heavy atom. The monoisotopic (exact) mass is 582 g/mol. The Morgan fingerprint density at radius 1 is 0.771 bits per heavy atom. The normalized spacial score (nSPS) is 12.6. The predicted molar refractivity (Wildman–Crippen MR) is 155 cm³/mol. The number of benzene rings is 2. The van der Waals surface area contributed by atoms with Crippen molar-refractivity contribution in [3.05, 3.63) is 81.5 Å². The number of hydrogen-bond donors (Lipinski definition) is 0. The van der Waals surface area contributed by atoms with Gasteiger partial charge in [0.25, 0.3) is 0 Å². The number of hydrogen-bond acceptors (Lipinski definition) is 2. The molecule has 0 aromatic heterocycles. The van der Waals surface area contributed by atoms with Crippen molar-refractivity contribution in [2.75, 3.05) is 6.61 Å². The third kappa shape index (κ3) is 9.29. The molecule has 0 atom stereocenters. The quantitative estimate of drug-likeness (QED) is 0.112. The molecule has 0 radical (unpaired) electrons. The van der Waals surface area contributed by atoms with Gasteiger partial charge in [0.05, 0.1) is 0 Å². The number of ether oxygens (including phenoxy) is 1. The summed E-state index contributed by atoms with van der Waals surface area (Å²) in [6.07, 6.45) is 12.4. The average Bonchev–Trinajstić information content (AvgIpc) is 2.89. The number of carbonyl (C=O) groups excluding carboxylic acids is 1. The summed E-state index contributed by atoms with van der Waals surface area (Å²) in [7, 11) is 0. The van der Waals surface area contributed by atoms with E-state index in [1.54, 1.807) is 0 Å². The Hall–Kier alpha value is -1.81. The van der Waals surface area contributed by atoms with Crippen LogP contribution in [0.15, 0.2) is 70.3 Å². The second-order valence-electron chi connectivity index (χ2n) is 9.55. The van der Waals surface area contributed by atoms with Crippen LogP contribution in [0.3, 0.4) is 0 Å². The van der Waals surface area contributed by atoms with Gasteiger partial charge in [0, 0.05) is 0 Å². The fourth-order valence-corrected chi connectivity index (χ4v) is 22.1. The van der Waals surface area contributed by atoms with E-state index in [4.69, 9.17) is 4.74 Å². The minimum absolute atomic E-state index is 0.0291. The van der Waals surface area contributed by atoms with Crippen LogP contribution in [-0.2, 0) is 9.53 Å². The van der Waals surface area contributed by atoms with Crippen LogP contribution in [0.4, 0.5) is 0 Å². The molecular weight excluding hydrogens is 535 g/mol. The summed E-state index contributed by atoms with van der Waals surface area (Å²) < 4.78 is 10.7. The Morgan fingerprint density at radius 2 is 1.29 bits per heavy atom. The van der Waals surface area contributed by atoms with Crippen LogP contribution in [0, 0.1) is 0 Å². The zero-order valence-electron chi connectivity index (χ0n) is 22.5. The molecule has 0 amide bonds. The molecule has 35 heavy (non-hydrogen) atoms. The van der Waals surface area contributed by atoms with Crippen LogP contribution in [0.1, 0.15) is 83.8 Å². The van der Waals surface area contributed by atoms with Crippen LogP contribution < -0.4 is 0 Å². The fraction of sp³-hybridized carbons (Fsp3) is 0.469. The number of esters is 1. The summed E-state index contributed by atoms with van der Waals surface area (Å²) in [6.45, 7) is 9.22. The van der Waals surface area contributed by atoms with Crippen molar-refractivity contribution in [1.29, 1.82) is 0 Å². The van der Waals surface area contributed by atoms with Crippen LogP contribution in [0.25, 0.3) is 11.6 Å². The first kappa shape index (κ1) is 29.4. The van der Waals surface area contributed by atoms with Gasteiger partial charge < -0.3 is 0 Å². The van der Waals surface area contributed by atoms with Gasteiger partial charge in [0.2, 0.25) is 0 Å². The summed E-state index contributed by atoms with van der Waals surface area (Å²) in [5.74, 6) is -0.0291. The van der Waals surface area contributed by atoms with Gasteiger partial charge in [0.1, 0.15) is 0 Å². The summed E-state index contributed by atoms with van der Waals surface area (Å²) in [4.78, 5) is 13.9. The van der Waals surface area contributed by atoms with Crippen LogP contribution in [0.5, 0.6) is 0 Å². The van der Waals surface area contributed by atoms with E-state index in [1.165, 1.54) is 68.5 Å². The molecule has 190 valence electrons. The number of rotatable bonds is 16. The van der Waals surface area contributed by atoms with Gasteiger partial charge in [-0.1, -0.05) is 0 Å². The number of allylic oxidation sites excluding steroid dienone is 2. The first-order valence-electron chi connectivity index (χ1n) is 13.8. The molecule has 0 spiro atoms. The molecule has 0 saturated carbocycles. The van der Waals surface area contributed by atoms with Crippen molar-refractivity contribution in [2.24, 2.45) is 0 Å². The molecule has 2 nitrogen and oxygen atoms in total. The van der Waals surface area contributed by atoms with Crippen LogP contribution in [-0.4, -0.2) is 31.0 Å². The van der Waals surface area contributed by atoms with Gasteiger partial charge >= 0.3 is 220 Å². The maximum absolute atomic E-state index is 13.9. The zero-order chi connectivity index (χ0) is 25.4. The standard InChI is InChI=1S/C20H19O2.3C4H9.Sn/c1-2-22-20(21)16-19(18-13-7-4-8-14-18)15-9-12-17-10-5-3-6-11-17;3*1-3-4-2;/h3-14H,2,15H2,1H3;3*1,3-4H2,2H3;/b12-9+,19-16?;;;;. The minimum atomic E-state index is -3.09. The number of unbranched alkanes of at least 4 members (excludes halogenated alkanes) is 3. The molecule has 2 aromatic rings. The van der Waals surface area contributed by atoms with Crippen molar-refractivity contribution >= 4 is 36.0 Å². The topological polar surface area (TPSA) is 26.3 Å². The third-order valence-electron chi connectivity index (χ3n) is 6.89. The molecule has 0 aliphatic rings. The Kier molecular flexibility index (Phi) is 14.1. The molecule has 0 unspecified atom stereocenters. The summed E-state index contributed by atoms with van der Waals surface area (Å²) in [5, 5.41) is 0. The second-order valence-corrected chi connectivity index (χ2v) is 22.6. The van der Waals surface area contributed by atoms with Crippen molar-refractivity contribution in [2.45, 2.75) is 86.0 Å². The van der Waals surface area contributed by atoms with Gasteiger partial charge in [-0.25, -0.2) is 0 Å². The van der Waals surface area contributed by atoms with E-state index < -0.39 is 18.4 Å². The van der Waals surface area contributed by atoms with E-state index in [2.05, 4.69) is 87.5 Å². The molecule has 0 saturated heterocycles. The molecule has 2 rings (SSSR count). The fourth-order valence-electron chi connectivity index (χ4n) is 5.04. The van der Waals surface area contributed by atoms with Gasteiger partial charge in [-0.2, -0.15) is 0 Å². The summed E-state index contributed by atoms with van der Waals surface area (Å²) in [5.41, 5.74) is 3.59. The van der Waals surface area contributed by atoms with E-state index in [1.807, 2.05) is 13.0 Å². The van der Waals surface area contributed by atoms with E-state index in [9.17, 15) is 4.79 Å². The maximum atomic E-state index is 13.9. The molecule has 0 bridgehead atoms.